The van der Waals surface area contributed by atoms with E-state index in [-0.39, 0.29) is 5.78 Å². The molecular formula is C22H16O. The number of carbonyl (C=O) groups excluding carboxylic acids is 1. The molecule has 0 aliphatic rings. The molecule has 0 aromatic heterocycles. The van der Waals surface area contributed by atoms with E-state index in [1.165, 1.54) is 0 Å². The van der Waals surface area contributed by atoms with Crippen LogP contribution in [0.3, 0.4) is 0 Å². The third-order valence-electron chi connectivity index (χ3n) is 3.63. The quantitative estimate of drug-likeness (QED) is 0.483. The zero-order valence-corrected chi connectivity index (χ0v) is 12.9. The lowest BCUT2D eigenvalue weighted by molar-refractivity contribution is 0.101. The summed E-state index contributed by atoms with van der Waals surface area (Å²) in [7, 11) is 0. The number of Topliss-reactive ketones (excluding diaryl/α,β-unsaturated/α-hetero) is 1. The van der Waals surface area contributed by atoms with Gasteiger partial charge in [-0.05, 0) is 42.3 Å². The summed E-state index contributed by atoms with van der Waals surface area (Å²) in [6.07, 6.45) is 0. The molecule has 0 heterocycles. The summed E-state index contributed by atoms with van der Waals surface area (Å²) >= 11 is 0. The van der Waals surface area contributed by atoms with Crippen LogP contribution in [0.4, 0.5) is 0 Å². The summed E-state index contributed by atoms with van der Waals surface area (Å²) in [5.41, 5.74) is 4.94. The highest BCUT2D eigenvalue weighted by Gasteiger charge is 2.01. The average molecular weight is 296 g/mol. The lowest BCUT2D eigenvalue weighted by Crippen LogP contribution is -1.90. The summed E-state index contributed by atoms with van der Waals surface area (Å²) in [6.45, 7) is 1.58. The number of ketones is 1. The number of hydrogen-bond acceptors (Lipinski definition) is 1. The molecule has 0 aliphatic heterocycles. The van der Waals surface area contributed by atoms with Gasteiger partial charge in [-0.2, -0.15) is 0 Å². The SMILES string of the molecule is CC(=O)c1ccc(-c2ccc(C#Cc3ccccc3)cc2)cc1. The van der Waals surface area contributed by atoms with Gasteiger partial charge in [0.2, 0.25) is 0 Å². The Hall–Kier alpha value is -3.11. The first-order chi connectivity index (χ1) is 11.2. The minimum atomic E-state index is 0.0862. The van der Waals surface area contributed by atoms with E-state index in [4.69, 9.17) is 0 Å². The van der Waals surface area contributed by atoms with E-state index in [2.05, 4.69) is 24.0 Å². The van der Waals surface area contributed by atoms with E-state index < -0.39 is 0 Å². The molecule has 0 unspecified atom stereocenters. The van der Waals surface area contributed by atoms with E-state index in [1.54, 1.807) is 6.92 Å². The Morgan fingerprint density at radius 2 is 1.13 bits per heavy atom. The van der Waals surface area contributed by atoms with Gasteiger partial charge in [0, 0.05) is 16.7 Å². The van der Waals surface area contributed by atoms with Gasteiger partial charge in [-0.1, -0.05) is 66.4 Å². The minimum Gasteiger partial charge on any atom is -0.295 e. The maximum absolute atomic E-state index is 11.3. The molecule has 0 aliphatic carbocycles. The van der Waals surface area contributed by atoms with Crippen LogP contribution in [0.25, 0.3) is 11.1 Å². The van der Waals surface area contributed by atoms with Gasteiger partial charge in [0.15, 0.2) is 5.78 Å². The predicted octanol–water partition coefficient (Wildman–Crippen LogP) is 4.96. The zero-order valence-electron chi connectivity index (χ0n) is 12.9. The Morgan fingerprint density at radius 1 is 0.652 bits per heavy atom. The van der Waals surface area contributed by atoms with Gasteiger partial charge in [-0.25, -0.2) is 0 Å². The Balaban J connectivity index is 1.79. The highest BCUT2D eigenvalue weighted by Crippen LogP contribution is 2.20. The van der Waals surface area contributed by atoms with Crippen molar-refractivity contribution in [3.8, 4) is 23.0 Å². The second-order valence-electron chi connectivity index (χ2n) is 5.33. The van der Waals surface area contributed by atoms with Gasteiger partial charge in [-0.15, -0.1) is 0 Å². The molecule has 0 saturated heterocycles. The highest BCUT2D eigenvalue weighted by atomic mass is 16.1. The van der Waals surface area contributed by atoms with Crippen molar-refractivity contribution in [3.63, 3.8) is 0 Å². The monoisotopic (exact) mass is 296 g/mol. The average Bonchev–Trinajstić information content (AvgIpc) is 2.61. The molecule has 3 aromatic rings. The molecule has 0 radical (unpaired) electrons. The maximum Gasteiger partial charge on any atom is 0.159 e. The molecule has 1 nitrogen and oxygen atoms in total. The molecule has 0 atom stereocenters. The zero-order chi connectivity index (χ0) is 16.1. The van der Waals surface area contributed by atoms with Crippen molar-refractivity contribution in [2.24, 2.45) is 0 Å². The molecule has 0 spiro atoms. The van der Waals surface area contributed by atoms with Crippen molar-refractivity contribution in [3.05, 3.63) is 95.6 Å². The number of benzene rings is 3. The molecule has 3 rings (SSSR count). The first kappa shape index (κ1) is 14.8. The predicted molar refractivity (Wildman–Crippen MR) is 94.3 cm³/mol. The molecule has 0 saturated carbocycles. The van der Waals surface area contributed by atoms with Gasteiger partial charge in [0.1, 0.15) is 0 Å². The topological polar surface area (TPSA) is 17.1 Å². The fraction of sp³-hybridized carbons (Fsp3) is 0.0455. The molecule has 0 amide bonds. The van der Waals surface area contributed by atoms with E-state index in [9.17, 15) is 4.79 Å². The molecule has 1 heteroatoms. The minimum absolute atomic E-state index is 0.0862. The first-order valence-corrected chi connectivity index (χ1v) is 7.51. The van der Waals surface area contributed by atoms with E-state index in [0.29, 0.717) is 0 Å². The van der Waals surface area contributed by atoms with Crippen LogP contribution in [0, 0.1) is 11.8 Å². The number of hydrogen-bond donors (Lipinski definition) is 0. The number of rotatable bonds is 2. The lowest BCUT2D eigenvalue weighted by Gasteiger charge is -2.03. The van der Waals surface area contributed by atoms with E-state index >= 15 is 0 Å². The third kappa shape index (κ3) is 3.75. The Morgan fingerprint density at radius 3 is 1.65 bits per heavy atom. The normalized spacial score (nSPS) is 9.78. The molecule has 0 bridgehead atoms. The lowest BCUT2D eigenvalue weighted by atomic mass is 10.0. The van der Waals surface area contributed by atoms with Gasteiger partial charge in [0.25, 0.3) is 0 Å². The van der Waals surface area contributed by atoms with Crippen LogP contribution in [0.2, 0.25) is 0 Å². The van der Waals surface area contributed by atoms with Gasteiger partial charge < -0.3 is 0 Å². The fourth-order valence-electron chi connectivity index (χ4n) is 2.31. The third-order valence-corrected chi connectivity index (χ3v) is 3.63. The van der Waals surface area contributed by atoms with Crippen molar-refractivity contribution in [2.45, 2.75) is 6.92 Å². The summed E-state index contributed by atoms with van der Waals surface area (Å²) < 4.78 is 0. The van der Waals surface area contributed by atoms with Crippen LogP contribution in [0.1, 0.15) is 28.4 Å². The summed E-state index contributed by atoms with van der Waals surface area (Å²) in [6, 6.07) is 25.8. The molecule has 0 fully saturated rings. The van der Waals surface area contributed by atoms with Crippen LogP contribution < -0.4 is 0 Å². The molecule has 3 aromatic carbocycles. The maximum atomic E-state index is 11.3. The summed E-state index contributed by atoms with van der Waals surface area (Å²) in [5.74, 6) is 6.41. The first-order valence-electron chi connectivity index (χ1n) is 7.51. The van der Waals surface area contributed by atoms with Crippen molar-refractivity contribution in [1.29, 1.82) is 0 Å². The molecule has 0 N–H and O–H groups in total. The van der Waals surface area contributed by atoms with E-state index in [1.807, 2.05) is 66.7 Å². The summed E-state index contributed by atoms with van der Waals surface area (Å²) in [4.78, 5) is 11.3. The fourth-order valence-corrected chi connectivity index (χ4v) is 2.31. The number of carbonyl (C=O) groups is 1. The molecular weight excluding hydrogens is 280 g/mol. The molecule has 110 valence electrons. The van der Waals surface area contributed by atoms with Crippen molar-refractivity contribution >= 4 is 5.78 Å². The van der Waals surface area contributed by atoms with Gasteiger partial charge in [-0.3, -0.25) is 4.79 Å². The standard InChI is InChI=1S/C22H16O/c1-17(23)20-13-15-22(16-14-20)21-11-9-19(10-12-21)8-7-18-5-3-2-4-6-18/h2-6,9-16H,1H3. The van der Waals surface area contributed by atoms with E-state index in [0.717, 1.165) is 27.8 Å². The van der Waals surface area contributed by atoms with Gasteiger partial charge in [0.05, 0.1) is 0 Å². The van der Waals surface area contributed by atoms with Crippen LogP contribution in [0.5, 0.6) is 0 Å². The van der Waals surface area contributed by atoms with Crippen molar-refractivity contribution < 1.29 is 4.79 Å². The largest absolute Gasteiger partial charge is 0.295 e. The Labute approximate surface area is 136 Å². The van der Waals surface area contributed by atoms with Crippen molar-refractivity contribution in [1.82, 2.24) is 0 Å². The van der Waals surface area contributed by atoms with Crippen LogP contribution in [-0.2, 0) is 0 Å². The highest BCUT2D eigenvalue weighted by molar-refractivity contribution is 5.94. The molecule has 23 heavy (non-hydrogen) atoms. The van der Waals surface area contributed by atoms with Crippen LogP contribution >= 0.6 is 0 Å². The Kier molecular flexibility index (Phi) is 4.36. The second kappa shape index (κ2) is 6.77. The summed E-state index contributed by atoms with van der Waals surface area (Å²) in [5, 5.41) is 0. The van der Waals surface area contributed by atoms with Crippen molar-refractivity contribution in [2.75, 3.05) is 0 Å². The van der Waals surface area contributed by atoms with Crippen LogP contribution in [-0.4, -0.2) is 5.78 Å². The van der Waals surface area contributed by atoms with Gasteiger partial charge >= 0.3 is 0 Å². The smallest absolute Gasteiger partial charge is 0.159 e. The second-order valence-corrected chi connectivity index (χ2v) is 5.33. The Bertz CT molecular complexity index is 861. The van der Waals surface area contributed by atoms with Crippen LogP contribution in [0.15, 0.2) is 78.9 Å².